The summed E-state index contributed by atoms with van der Waals surface area (Å²) in [6.45, 7) is 1.97. The van der Waals surface area contributed by atoms with Crippen molar-refractivity contribution in [3.8, 4) is 0 Å². The molecule has 1 saturated heterocycles. The van der Waals surface area contributed by atoms with E-state index in [0.29, 0.717) is 6.04 Å². The number of aromatic nitrogens is 3. The zero-order valence-corrected chi connectivity index (χ0v) is 14.0. The Kier molecular flexibility index (Phi) is 5.30. The van der Waals surface area contributed by atoms with Crippen molar-refractivity contribution in [2.24, 2.45) is 0 Å². The summed E-state index contributed by atoms with van der Waals surface area (Å²) in [5.74, 6) is 0.902. The molecule has 0 saturated carbocycles. The molecular formula is C16H21N5OS. The van der Waals surface area contributed by atoms with Crippen molar-refractivity contribution in [3.63, 3.8) is 0 Å². The summed E-state index contributed by atoms with van der Waals surface area (Å²) in [5, 5.41) is 10.8. The van der Waals surface area contributed by atoms with Gasteiger partial charge in [-0.15, -0.1) is 0 Å². The maximum absolute atomic E-state index is 12.6. The number of carbonyl (C=O) groups is 1. The molecule has 7 heteroatoms. The molecular weight excluding hydrogens is 310 g/mol. The van der Waals surface area contributed by atoms with Gasteiger partial charge < -0.3 is 10.2 Å². The molecule has 2 aromatic rings. The van der Waals surface area contributed by atoms with E-state index in [1.165, 1.54) is 6.33 Å². The fourth-order valence-corrected chi connectivity index (χ4v) is 3.46. The SMILES string of the molecule is CN(C(=O)c1ccc(CSc2ncn[nH]2)cc1)C1CCNCC1. The number of carbonyl (C=O) groups excluding carboxylic acids is 1. The van der Waals surface area contributed by atoms with Gasteiger partial charge in [0.2, 0.25) is 0 Å². The number of piperidine rings is 1. The molecule has 122 valence electrons. The number of benzene rings is 1. The molecule has 0 unspecified atom stereocenters. The summed E-state index contributed by atoms with van der Waals surface area (Å²) in [6.07, 6.45) is 3.54. The highest BCUT2D eigenvalue weighted by Crippen LogP contribution is 2.19. The Morgan fingerprint density at radius 1 is 1.30 bits per heavy atom. The molecule has 1 fully saturated rings. The van der Waals surface area contributed by atoms with Gasteiger partial charge in [0.1, 0.15) is 6.33 Å². The van der Waals surface area contributed by atoms with Crippen molar-refractivity contribution in [1.82, 2.24) is 25.4 Å². The molecule has 2 heterocycles. The molecule has 1 amide bonds. The molecule has 3 rings (SSSR count). The molecule has 1 aromatic heterocycles. The standard InChI is InChI=1S/C16H21N5OS/c1-21(14-6-8-17-9-7-14)15(22)13-4-2-12(3-5-13)10-23-16-18-11-19-20-16/h2-5,11,14,17H,6-10H2,1H3,(H,18,19,20). The van der Waals surface area contributed by atoms with Crippen LogP contribution in [-0.2, 0) is 5.75 Å². The number of nitrogens with one attached hydrogen (secondary N) is 2. The number of amides is 1. The lowest BCUT2D eigenvalue weighted by Gasteiger charge is -2.31. The quantitative estimate of drug-likeness (QED) is 0.819. The summed E-state index contributed by atoms with van der Waals surface area (Å²) in [6, 6.07) is 8.18. The molecule has 0 bridgehead atoms. The second kappa shape index (κ2) is 7.61. The van der Waals surface area contributed by atoms with E-state index in [-0.39, 0.29) is 5.91 Å². The first-order valence-electron chi connectivity index (χ1n) is 7.79. The van der Waals surface area contributed by atoms with Crippen LogP contribution in [0.15, 0.2) is 35.7 Å². The van der Waals surface area contributed by atoms with Gasteiger partial charge in [-0.3, -0.25) is 9.89 Å². The fraction of sp³-hybridized carbons (Fsp3) is 0.438. The lowest BCUT2D eigenvalue weighted by atomic mass is 10.0. The summed E-state index contributed by atoms with van der Waals surface area (Å²) >= 11 is 1.59. The average molecular weight is 331 g/mol. The van der Waals surface area contributed by atoms with Gasteiger partial charge >= 0.3 is 0 Å². The Labute approximate surface area is 140 Å². The number of nitrogens with zero attached hydrogens (tertiary/aromatic N) is 3. The summed E-state index contributed by atoms with van der Waals surface area (Å²) in [4.78, 5) is 18.5. The van der Waals surface area contributed by atoms with Crippen LogP contribution in [0.5, 0.6) is 0 Å². The van der Waals surface area contributed by atoms with Crippen LogP contribution in [-0.4, -0.2) is 52.2 Å². The van der Waals surface area contributed by atoms with Crippen molar-refractivity contribution < 1.29 is 4.79 Å². The van der Waals surface area contributed by atoms with Crippen LogP contribution in [0, 0.1) is 0 Å². The van der Waals surface area contributed by atoms with Crippen LogP contribution in [0.25, 0.3) is 0 Å². The van der Waals surface area contributed by atoms with Gasteiger partial charge in [-0.1, -0.05) is 23.9 Å². The van der Waals surface area contributed by atoms with Crippen LogP contribution in [0.2, 0.25) is 0 Å². The van der Waals surface area contributed by atoms with Crippen molar-refractivity contribution in [1.29, 1.82) is 0 Å². The van der Waals surface area contributed by atoms with Crippen LogP contribution in [0.4, 0.5) is 0 Å². The van der Waals surface area contributed by atoms with Crippen LogP contribution < -0.4 is 5.32 Å². The zero-order chi connectivity index (χ0) is 16.1. The van der Waals surface area contributed by atoms with Gasteiger partial charge in [0, 0.05) is 24.4 Å². The number of aromatic amines is 1. The summed E-state index contributed by atoms with van der Waals surface area (Å²) in [5.41, 5.74) is 1.91. The number of hydrogen-bond acceptors (Lipinski definition) is 5. The highest BCUT2D eigenvalue weighted by Gasteiger charge is 2.22. The third kappa shape index (κ3) is 4.11. The van der Waals surface area contributed by atoms with Gasteiger partial charge in [-0.25, -0.2) is 4.98 Å². The third-order valence-electron chi connectivity index (χ3n) is 4.15. The number of rotatable bonds is 5. The predicted molar refractivity (Wildman–Crippen MR) is 90.4 cm³/mol. The number of thioether (sulfide) groups is 1. The topological polar surface area (TPSA) is 73.9 Å². The van der Waals surface area contributed by atoms with Gasteiger partial charge in [0.25, 0.3) is 5.91 Å². The molecule has 1 aliphatic rings. The lowest BCUT2D eigenvalue weighted by molar-refractivity contribution is 0.0703. The maximum atomic E-state index is 12.6. The van der Waals surface area contributed by atoms with E-state index in [2.05, 4.69) is 20.5 Å². The second-order valence-corrected chi connectivity index (χ2v) is 6.64. The lowest BCUT2D eigenvalue weighted by Crippen LogP contribution is -2.43. The third-order valence-corrected chi connectivity index (χ3v) is 5.09. The highest BCUT2D eigenvalue weighted by atomic mass is 32.2. The summed E-state index contributed by atoms with van der Waals surface area (Å²) in [7, 11) is 1.91. The van der Waals surface area contributed by atoms with Gasteiger partial charge in [0.05, 0.1) is 0 Å². The molecule has 6 nitrogen and oxygen atoms in total. The predicted octanol–water partition coefficient (Wildman–Crippen LogP) is 1.92. The summed E-state index contributed by atoms with van der Waals surface area (Å²) < 4.78 is 0. The minimum atomic E-state index is 0.103. The first-order valence-corrected chi connectivity index (χ1v) is 8.77. The van der Waals surface area contributed by atoms with Crippen molar-refractivity contribution in [2.75, 3.05) is 20.1 Å². The van der Waals surface area contributed by atoms with Crippen molar-refractivity contribution in [2.45, 2.75) is 29.8 Å². The monoisotopic (exact) mass is 331 g/mol. The maximum Gasteiger partial charge on any atom is 0.253 e. The Hall–Kier alpha value is -1.86. The fourth-order valence-electron chi connectivity index (χ4n) is 2.72. The van der Waals surface area contributed by atoms with E-state index >= 15 is 0 Å². The van der Waals surface area contributed by atoms with E-state index in [4.69, 9.17) is 0 Å². The Morgan fingerprint density at radius 3 is 2.70 bits per heavy atom. The van der Waals surface area contributed by atoms with E-state index in [1.807, 2.05) is 36.2 Å². The first-order chi connectivity index (χ1) is 11.2. The van der Waals surface area contributed by atoms with Gasteiger partial charge in [-0.2, -0.15) is 5.10 Å². The second-order valence-electron chi connectivity index (χ2n) is 5.67. The Bertz CT molecular complexity index is 622. The zero-order valence-electron chi connectivity index (χ0n) is 13.2. The van der Waals surface area contributed by atoms with Crippen molar-refractivity contribution in [3.05, 3.63) is 41.7 Å². The molecule has 0 atom stereocenters. The van der Waals surface area contributed by atoms with Gasteiger partial charge in [0.15, 0.2) is 5.16 Å². The van der Waals surface area contributed by atoms with E-state index < -0.39 is 0 Å². The minimum Gasteiger partial charge on any atom is -0.339 e. The molecule has 1 aliphatic heterocycles. The van der Waals surface area contributed by atoms with Gasteiger partial charge in [-0.05, 0) is 43.6 Å². The molecule has 0 radical (unpaired) electrons. The molecule has 0 spiro atoms. The van der Waals surface area contributed by atoms with E-state index in [1.54, 1.807) is 11.8 Å². The number of hydrogen-bond donors (Lipinski definition) is 2. The van der Waals surface area contributed by atoms with E-state index in [0.717, 1.165) is 48.0 Å². The first kappa shape index (κ1) is 16.0. The largest absolute Gasteiger partial charge is 0.339 e. The van der Waals surface area contributed by atoms with E-state index in [9.17, 15) is 4.79 Å². The number of H-pyrrole nitrogens is 1. The molecule has 0 aliphatic carbocycles. The van der Waals surface area contributed by atoms with Crippen LogP contribution in [0.3, 0.4) is 0 Å². The molecule has 2 N–H and O–H groups in total. The Balaban J connectivity index is 1.58. The normalized spacial score (nSPS) is 15.5. The minimum absolute atomic E-state index is 0.103. The molecule has 23 heavy (non-hydrogen) atoms. The average Bonchev–Trinajstić information content (AvgIpc) is 3.13. The van der Waals surface area contributed by atoms with Crippen molar-refractivity contribution >= 4 is 17.7 Å². The van der Waals surface area contributed by atoms with Crippen LogP contribution >= 0.6 is 11.8 Å². The highest BCUT2D eigenvalue weighted by molar-refractivity contribution is 7.98. The Morgan fingerprint density at radius 2 is 2.04 bits per heavy atom. The smallest absolute Gasteiger partial charge is 0.253 e. The molecule has 1 aromatic carbocycles. The van der Waals surface area contributed by atoms with Crippen LogP contribution in [0.1, 0.15) is 28.8 Å².